The highest BCUT2D eigenvalue weighted by molar-refractivity contribution is 5.92. The normalized spacial score (nSPS) is 17.9. The fourth-order valence-corrected chi connectivity index (χ4v) is 3.61. The van der Waals surface area contributed by atoms with E-state index in [0.717, 1.165) is 17.9 Å². The molecular weight excluding hydrogens is 358 g/mol. The Morgan fingerprint density at radius 3 is 2.48 bits per heavy atom. The second kappa shape index (κ2) is 12.2. The minimum atomic E-state index is 0.101. The number of nitrogens with one attached hydrogen (secondary N) is 1. The first-order valence-corrected chi connectivity index (χ1v) is 10.9. The van der Waals surface area contributed by atoms with Gasteiger partial charge in [-0.25, -0.2) is 0 Å². The van der Waals surface area contributed by atoms with Crippen molar-refractivity contribution in [3.63, 3.8) is 0 Å². The lowest BCUT2D eigenvalue weighted by molar-refractivity contribution is 0.159. The molecule has 2 aromatic rings. The minimum absolute atomic E-state index is 0.101. The van der Waals surface area contributed by atoms with E-state index in [1.165, 1.54) is 43.2 Å². The maximum atomic E-state index is 6.25. The van der Waals surface area contributed by atoms with Crippen molar-refractivity contribution in [3.05, 3.63) is 59.7 Å². The molecule has 4 heteroatoms. The zero-order valence-electron chi connectivity index (χ0n) is 18.4. The standard InChI is InChI=1S/C18H21N3O.C7H16/c1-12-10-13-6-3-4-9-16(13)17(12)22-15-8-5-7-14(11-15)21-18(19)20-2;1-3-5-7-6-4-2/h3-9,11-12,17H,10H2,1-2H3,(H3,19,20,21);3-7H2,1-2H3/t12-,17?;/m1./s1. The molecule has 0 aliphatic heterocycles. The molecule has 0 saturated carbocycles. The Bertz CT molecular complexity index is 768. The molecule has 0 fully saturated rings. The predicted octanol–water partition coefficient (Wildman–Crippen LogP) is 6.33. The number of ether oxygens (including phenoxy) is 1. The van der Waals surface area contributed by atoms with E-state index < -0.39 is 0 Å². The van der Waals surface area contributed by atoms with Gasteiger partial charge in [0, 0.05) is 24.7 Å². The summed E-state index contributed by atoms with van der Waals surface area (Å²) in [6.07, 6.45) is 8.17. The van der Waals surface area contributed by atoms with E-state index in [0.29, 0.717) is 11.9 Å². The van der Waals surface area contributed by atoms with Gasteiger partial charge in [0.1, 0.15) is 11.9 Å². The number of anilines is 1. The van der Waals surface area contributed by atoms with Gasteiger partial charge in [-0.3, -0.25) is 4.99 Å². The average Bonchev–Trinajstić information content (AvgIpc) is 3.04. The molecule has 29 heavy (non-hydrogen) atoms. The summed E-state index contributed by atoms with van der Waals surface area (Å²) >= 11 is 0. The van der Waals surface area contributed by atoms with Crippen LogP contribution in [0.3, 0.4) is 0 Å². The third-order valence-corrected chi connectivity index (χ3v) is 5.24. The predicted molar refractivity (Wildman–Crippen MR) is 125 cm³/mol. The second-order valence-electron chi connectivity index (χ2n) is 7.74. The van der Waals surface area contributed by atoms with Gasteiger partial charge in [0.15, 0.2) is 5.96 Å². The molecule has 0 bridgehead atoms. The minimum Gasteiger partial charge on any atom is -0.485 e. The second-order valence-corrected chi connectivity index (χ2v) is 7.74. The van der Waals surface area contributed by atoms with Crippen LogP contribution in [0.5, 0.6) is 5.75 Å². The lowest BCUT2D eigenvalue weighted by atomic mass is 10.1. The molecule has 0 spiro atoms. The first kappa shape index (κ1) is 22.8. The van der Waals surface area contributed by atoms with Crippen molar-refractivity contribution in [1.29, 1.82) is 0 Å². The van der Waals surface area contributed by atoms with Crippen LogP contribution in [0.2, 0.25) is 0 Å². The average molecular weight is 396 g/mol. The van der Waals surface area contributed by atoms with E-state index in [-0.39, 0.29) is 6.10 Å². The highest BCUT2D eigenvalue weighted by Crippen LogP contribution is 2.39. The molecule has 1 unspecified atom stereocenters. The van der Waals surface area contributed by atoms with Crippen LogP contribution >= 0.6 is 0 Å². The van der Waals surface area contributed by atoms with Crippen molar-refractivity contribution in [2.75, 3.05) is 12.4 Å². The van der Waals surface area contributed by atoms with E-state index in [1.54, 1.807) is 7.05 Å². The SMILES string of the molecule is CCCCCCC.CN=C(N)Nc1cccc(OC2c3ccccc3C[C@H]2C)c1. The van der Waals surface area contributed by atoms with Gasteiger partial charge in [-0.2, -0.15) is 0 Å². The Balaban J connectivity index is 0.000000370. The summed E-state index contributed by atoms with van der Waals surface area (Å²) in [5.41, 5.74) is 9.26. The summed E-state index contributed by atoms with van der Waals surface area (Å²) in [6, 6.07) is 16.3. The van der Waals surface area contributed by atoms with Gasteiger partial charge in [0.2, 0.25) is 0 Å². The molecule has 2 atom stereocenters. The molecule has 0 heterocycles. The Morgan fingerprint density at radius 2 is 1.79 bits per heavy atom. The quantitative estimate of drug-likeness (QED) is 0.327. The summed E-state index contributed by atoms with van der Waals surface area (Å²) in [4.78, 5) is 3.90. The van der Waals surface area contributed by atoms with Crippen LogP contribution in [0, 0.1) is 5.92 Å². The van der Waals surface area contributed by atoms with Gasteiger partial charge >= 0.3 is 0 Å². The number of aliphatic imine (C=N–C) groups is 1. The van der Waals surface area contributed by atoms with Gasteiger partial charge in [-0.1, -0.05) is 83.2 Å². The summed E-state index contributed by atoms with van der Waals surface area (Å²) < 4.78 is 6.25. The largest absolute Gasteiger partial charge is 0.485 e. The molecule has 158 valence electrons. The number of benzene rings is 2. The lowest BCUT2D eigenvalue weighted by Crippen LogP contribution is -2.22. The van der Waals surface area contributed by atoms with Crippen molar-refractivity contribution in [2.24, 2.45) is 16.6 Å². The van der Waals surface area contributed by atoms with Crippen LogP contribution in [0.25, 0.3) is 0 Å². The van der Waals surface area contributed by atoms with Gasteiger partial charge in [-0.15, -0.1) is 0 Å². The highest BCUT2D eigenvalue weighted by Gasteiger charge is 2.30. The third-order valence-electron chi connectivity index (χ3n) is 5.24. The number of nitrogens with two attached hydrogens (primary N) is 1. The van der Waals surface area contributed by atoms with E-state index >= 15 is 0 Å². The van der Waals surface area contributed by atoms with Crippen molar-refractivity contribution < 1.29 is 4.74 Å². The van der Waals surface area contributed by atoms with E-state index in [9.17, 15) is 0 Å². The smallest absolute Gasteiger partial charge is 0.192 e. The third kappa shape index (κ3) is 7.12. The van der Waals surface area contributed by atoms with E-state index in [1.807, 2.05) is 24.3 Å². The zero-order valence-corrected chi connectivity index (χ0v) is 18.4. The van der Waals surface area contributed by atoms with E-state index in [4.69, 9.17) is 10.5 Å². The lowest BCUT2D eigenvalue weighted by Gasteiger charge is -2.20. The molecule has 1 aliphatic carbocycles. The van der Waals surface area contributed by atoms with Gasteiger partial charge in [0.25, 0.3) is 0 Å². The fourth-order valence-electron chi connectivity index (χ4n) is 3.61. The Kier molecular flexibility index (Phi) is 9.55. The molecule has 0 radical (unpaired) electrons. The Hall–Kier alpha value is -2.49. The van der Waals surface area contributed by atoms with Crippen molar-refractivity contribution >= 4 is 11.6 Å². The zero-order chi connectivity index (χ0) is 21.1. The van der Waals surface area contributed by atoms with Crippen LogP contribution in [-0.4, -0.2) is 13.0 Å². The van der Waals surface area contributed by atoms with Crippen LogP contribution in [0.1, 0.15) is 70.1 Å². The molecule has 2 aromatic carbocycles. The highest BCUT2D eigenvalue weighted by atomic mass is 16.5. The van der Waals surface area contributed by atoms with Crippen molar-refractivity contribution in [3.8, 4) is 5.75 Å². The number of hydrogen-bond acceptors (Lipinski definition) is 2. The number of nitrogens with zero attached hydrogens (tertiary/aromatic N) is 1. The number of fused-ring (bicyclic) bond motifs is 1. The van der Waals surface area contributed by atoms with Crippen LogP contribution in [-0.2, 0) is 6.42 Å². The van der Waals surface area contributed by atoms with Crippen LogP contribution in [0.15, 0.2) is 53.5 Å². The van der Waals surface area contributed by atoms with Crippen LogP contribution in [0.4, 0.5) is 5.69 Å². The van der Waals surface area contributed by atoms with Crippen LogP contribution < -0.4 is 15.8 Å². The molecule has 3 N–H and O–H groups in total. The number of rotatable bonds is 7. The number of hydrogen-bond donors (Lipinski definition) is 2. The molecule has 1 aliphatic rings. The molecule has 0 aromatic heterocycles. The summed E-state index contributed by atoms with van der Waals surface area (Å²) in [5.74, 6) is 1.69. The van der Waals surface area contributed by atoms with Gasteiger partial charge in [-0.05, 0) is 29.7 Å². The Labute approximate surface area is 176 Å². The molecule has 4 nitrogen and oxygen atoms in total. The first-order valence-electron chi connectivity index (χ1n) is 10.9. The van der Waals surface area contributed by atoms with Crippen molar-refractivity contribution in [1.82, 2.24) is 0 Å². The molecular formula is C25H37N3O. The maximum Gasteiger partial charge on any atom is 0.192 e. The number of guanidine groups is 1. The topological polar surface area (TPSA) is 59.6 Å². The maximum absolute atomic E-state index is 6.25. The molecule has 0 saturated heterocycles. The van der Waals surface area contributed by atoms with Gasteiger partial charge < -0.3 is 15.8 Å². The first-order chi connectivity index (χ1) is 14.1. The number of unbranched alkanes of at least 4 members (excludes halogenated alkanes) is 4. The fraction of sp³-hybridized carbons (Fsp3) is 0.480. The monoisotopic (exact) mass is 395 g/mol. The summed E-state index contributed by atoms with van der Waals surface area (Å²) in [6.45, 7) is 6.72. The summed E-state index contributed by atoms with van der Waals surface area (Å²) in [7, 11) is 1.65. The van der Waals surface area contributed by atoms with Gasteiger partial charge in [0.05, 0.1) is 0 Å². The van der Waals surface area contributed by atoms with Crippen molar-refractivity contribution in [2.45, 2.75) is 65.4 Å². The molecule has 0 amide bonds. The summed E-state index contributed by atoms with van der Waals surface area (Å²) in [5, 5.41) is 3.03. The molecule has 3 rings (SSSR count). The van der Waals surface area contributed by atoms with E-state index in [2.05, 4.69) is 55.3 Å². The Morgan fingerprint density at radius 1 is 1.07 bits per heavy atom.